The molecule has 5 rings (SSSR count). The second-order valence-electron chi connectivity index (χ2n) is 10.1. The van der Waals surface area contributed by atoms with Gasteiger partial charge in [0.15, 0.2) is 0 Å². The quantitative estimate of drug-likeness (QED) is 0.582. The van der Waals surface area contributed by atoms with Gasteiger partial charge in [-0.3, -0.25) is 4.79 Å². The van der Waals surface area contributed by atoms with E-state index in [1.807, 2.05) is 4.90 Å². The minimum Gasteiger partial charge on any atom is -0.356 e. The van der Waals surface area contributed by atoms with E-state index in [9.17, 15) is 18.0 Å². The Hall–Kier alpha value is -2.69. The third kappa shape index (κ3) is 5.21. The number of imidazole rings is 1. The van der Waals surface area contributed by atoms with Crippen LogP contribution in [-0.2, 0) is 17.8 Å². The second-order valence-corrected chi connectivity index (χ2v) is 10.1. The zero-order chi connectivity index (χ0) is 25.3. The van der Waals surface area contributed by atoms with Gasteiger partial charge in [-0.15, -0.1) is 0 Å². The third-order valence-electron chi connectivity index (χ3n) is 7.66. The Kier molecular flexibility index (Phi) is 7.18. The van der Waals surface area contributed by atoms with E-state index < -0.39 is 24.4 Å². The molecule has 11 heteroatoms. The predicted molar refractivity (Wildman–Crippen MR) is 130 cm³/mol. The largest absolute Gasteiger partial charge is 0.396 e. The minimum atomic E-state index is -4.54. The Bertz CT molecular complexity index is 1070. The second kappa shape index (κ2) is 10.4. The van der Waals surface area contributed by atoms with Gasteiger partial charge in [-0.05, 0) is 45.2 Å². The highest BCUT2D eigenvalue weighted by atomic mass is 19.4. The van der Waals surface area contributed by atoms with Gasteiger partial charge >= 0.3 is 6.18 Å². The Labute approximate surface area is 209 Å². The number of alkyl halides is 3. The lowest BCUT2D eigenvalue weighted by Crippen LogP contribution is -2.40. The topological polar surface area (TPSA) is 79.2 Å². The average Bonchev–Trinajstić information content (AvgIpc) is 3.23. The van der Waals surface area contributed by atoms with Crippen LogP contribution in [0.4, 0.5) is 24.8 Å². The van der Waals surface area contributed by atoms with Crippen LogP contribution < -0.4 is 10.2 Å². The van der Waals surface area contributed by atoms with Crippen molar-refractivity contribution in [3.05, 3.63) is 29.6 Å². The van der Waals surface area contributed by atoms with Crippen molar-refractivity contribution < 1.29 is 18.0 Å². The van der Waals surface area contributed by atoms with Gasteiger partial charge in [0, 0.05) is 44.7 Å². The molecule has 2 aromatic heterocycles. The van der Waals surface area contributed by atoms with Crippen LogP contribution in [0.1, 0.15) is 74.4 Å². The normalized spacial score (nSPS) is 21.3. The van der Waals surface area contributed by atoms with Gasteiger partial charge in [-0.2, -0.15) is 13.2 Å². The fraction of sp³-hybridized carbons (Fsp3) is 0.680. The molecule has 2 fully saturated rings. The number of anilines is 2. The van der Waals surface area contributed by atoms with E-state index in [4.69, 9.17) is 4.98 Å². The number of rotatable bonds is 8. The lowest BCUT2D eigenvalue weighted by molar-refractivity contribution is -0.156. The number of amides is 1. The maximum Gasteiger partial charge on any atom is 0.396 e. The highest BCUT2D eigenvalue weighted by molar-refractivity contribution is 5.94. The van der Waals surface area contributed by atoms with E-state index in [0.29, 0.717) is 13.1 Å². The molecule has 0 radical (unpaired) electrons. The Morgan fingerprint density at radius 2 is 1.89 bits per heavy atom. The lowest BCUT2D eigenvalue weighted by atomic mass is 9.90. The maximum atomic E-state index is 13.8. The first-order valence-corrected chi connectivity index (χ1v) is 13.1. The summed E-state index contributed by atoms with van der Waals surface area (Å²) in [5, 5.41) is 2.50. The molecular weight excluding hydrogens is 471 g/mol. The summed E-state index contributed by atoms with van der Waals surface area (Å²) < 4.78 is 43.9. The zero-order valence-electron chi connectivity index (χ0n) is 20.7. The lowest BCUT2D eigenvalue weighted by Gasteiger charge is -2.36. The molecule has 0 spiro atoms. The molecule has 0 aliphatic carbocycles. The van der Waals surface area contributed by atoms with E-state index in [1.54, 1.807) is 0 Å². The van der Waals surface area contributed by atoms with E-state index in [0.717, 1.165) is 69.8 Å². The maximum absolute atomic E-state index is 13.8. The van der Waals surface area contributed by atoms with Gasteiger partial charge in [0.2, 0.25) is 5.91 Å². The molecule has 36 heavy (non-hydrogen) atoms. The summed E-state index contributed by atoms with van der Waals surface area (Å²) in [6.45, 7) is 7.60. The van der Waals surface area contributed by atoms with Crippen molar-refractivity contribution in [2.75, 3.05) is 42.9 Å². The van der Waals surface area contributed by atoms with Crippen LogP contribution in [0.15, 0.2) is 12.5 Å². The predicted octanol–water partition coefficient (Wildman–Crippen LogP) is 4.09. The zero-order valence-corrected chi connectivity index (χ0v) is 20.7. The van der Waals surface area contributed by atoms with Crippen LogP contribution in [0.3, 0.4) is 0 Å². The summed E-state index contributed by atoms with van der Waals surface area (Å²) >= 11 is 0. The van der Waals surface area contributed by atoms with Crippen molar-refractivity contribution in [3.8, 4) is 0 Å². The van der Waals surface area contributed by atoms with Crippen molar-refractivity contribution in [1.82, 2.24) is 24.4 Å². The first-order valence-electron chi connectivity index (χ1n) is 13.1. The SMILES string of the molecule is CCCCc1cn(CCN2CCC2)c(C2CCN(c3ncnc4c3C(C(F)(F)F)CC(=O)N4)CC2)n1. The number of fused-ring (bicyclic) bond motifs is 1. The number of unbranched alkanes of at least 4 members (excludes halogenated alkanes) is 1. The van der Waals surface area contributed by atoms with Crippen molar-refractivity contribution >= 4 is 17.5 Å². The highest BCUT2D eigenvalue weighted by Crippen LogP contribution is 2.46. The number of halogens is 3. The van der Waals surface area contributed by atoms with Crippen LogP contribution in [0.2, 0.25) is 0 Å². The Balaban J connectivity index is 1.33. The standard InChI is InChI=1S/C25H34F3N7O/c1-2-3-5-18-15-35(13-12-33-8-4-9-33)23(31-18)17-6-10-34(11-7-17)24-21-19(25(26,27)28)14-20(36)32-22(21)29-16-30-24/h15-17,19H,2-14H2,1H3,(H,29,30,32,36). The van der Waals surface area contributed by atoms with Crippen molar-refractivity contribution in [2.45, 2.75) is 76.4 Å². The summed E-state index contributed by atoms with van der Waals surface area (Å²) in [5.41, 5.74) is 1.12. The molecule has 0 bridgehead atoms. The number of carbonyl (C=O) groups is 1. The molecule has 5 heterocycles. The number of piperidine rings is 1. The van der Waals surface area contributed by atoms with Crippen molar-refractivity contribution in [1.29, 1.82) is 0 Å². The molecule has 1 N–H and O–H groups in total. The molecule has 1 unspecified atom stereocenters. The van der Waals surface area contributed by atoms with Crippen LogP contribution >= 0.6 is 0 Å². The molecule has 2 saturated heterocycles. The number of aromatic nitrogens is 4. The summed E-state index contributed by atoms with van der Waals surface area (Å²) in [6, 6.07) is 0. The van der Waals surface area contributed by atoms with Crippen LogP contribution in [0.5, 0.6) is 0 Å². The van der Waals surface area contributed by atoms with Crippen LogP contribution in [0, 0.1) is 0 Å². The summed E-state index contributed by atoms with van der Waals surface area (Å²) in [4.78, 5) is 29.5. The molecular formula is C25H34F3N7O. The number of aryl methyl sites for hydroxylation is 1. The minimum absolute atomic E-state index is 0.0130. The number of carbonyl (C=O) groups excluding carboxylic acids is 1. The van der Waals surface area contributed by atoms with E-state index in [1.165, 1.54) is 12.7 Å². The number of nitrogens with one attached hydrogen (secondary N) is 1. The highest BCUT2D eigenvalue weighted by Gasteiger charge is 2.48. The molecule has 1 atom stereocenters. The smallest absolute Gasteiger partial charge is 0.356 e. The molecule has 0 aromatic carbocycles. The fourth-order valence-electron chi connectivity index (χ4n) is 5.48. The Morgan fingerprint density at radius 3 is 2.56 bits per heavy atom. The van der Waals surface area contributed by atoms with Gasteiger partial charge in [0.05, 0.1) is 17.2 Å². The van der Waals surface area contributed by atoms with Crippen LogP contribution in [0.25, 0.3) is 0 Å². The average molecular weight is 506 g/mol. The van der Waals surface area contributed by atoms with E-state index in [-0.39, 0.29) is 23.1 Å². The van der Waals surface area contributed by atoms with Gasteiger partial charge in [-0.1, -0.05) is 13.3 Å². The molecule has 3 aliphatic rings. The van der Waals surface area contributed by atoms with Crippen molar-refractivity contribution in [3.63, 3.8) is 0 Å². The molecule has 1 amide bonds. The molecule has 2 aromatic rings. The number of hydrogen-bond donors (Lipinski definition) is 1. The Morgan fingerprint density at radius 1 is 1.11 bits per heavy atom. The number of likely N-dealkylation sites (tertiary alicyclic amines) is 1. The molecule has 196 valence electrons. The summed E-state index contributed by atoms with van der Waals surface area (Å²) in [6.07, 6.45) is 4.30. The van der Waals surface area contributed by atoms with Gasteiger partial charge in [-0.25, -0.2) is 15.0 Å². The monoisotopic (exact) mass is 505 g/mol. The van der Waals surface area contributed by atoms with Gasteiger partial charge < -0.3 is 19.7 Å². The van der Waals surface area contributed by atoms with Crippen molar-refractivity contribution in [2.24, 2.45) is 0 Å². The van der Waals surface area contributed by atoms with E-state index in [2.05, 4.69) is 37.9 Å². The third-order valence-corrected chi connectivity index (χ3v) is 7.66. The number of nitrogens with zero attached hydrogens (tertiary/aromatic N) is 6. The summed E-state index contributed by atoms with van der Waals surface area (Å²) in [5.74, 6) is -0.947. The first kappa shape index (κ1) is 25.0. The first-order chi connectivity index (χ1) is 17.3. The molecule has 8 nitrogen and oxygen atoms in total. The molecule has 3 aliphatic heterocycles. The van der Waals surface area contributed by atoms with Crippen LogP contribution in [-0.4, -0.2) is 69.2 Å². The number of hydrogen-bond acceptors (Lipinski definition) is 6. The summed E-state index contributed by atoms with van der Waals surface area (Å²) in [7, 11) is 0. The van der Waals surface area contributed by atoms with E-state index >= 15 is 0 Å². The van der Waals surface area contributed by atoms with Gasteiger partial charge in [0.25, 0.3) is 0 Å². The van der Waals surface area contributed by atoms with Gasteiger partial charge in [0.1, 0.15) is 23.8 Å². The fourth-order valence-corrected chi connectivity index (χ4v) is 5.48. The molecule has 0 saturated carbocycles.